The second kappa shape index (κ2) is 7.31. The first-order valence-electron chi connectivity index (χ1n) is 9.34. The minimum atomic E-state index is -0.324. The van der Waals surface area contributed by atoms with Crippen LogP contribution in [0.25, 0.3) is 0 Å². The summed E-state index contributed by atoms with van der Waals surface area (Å²) in [4.78, 5) is 0. The molecule has 2 nitrogen and oxygen atoms in total. The van der Waals surface area contributed by atoms with E-state index in [1.165, 1.54) is 5.56 Å². The van der Waals surface area contributed by atoms with Crippen molar-refractivity contribution in [3.05, 3.63) is 65.7 Å². The van der Waals surface area contributed by atoms with Crippen LogP contribution in [0.1, 0.15) is 58.1 Å². The Morgan fingerprint density at radius 3 is 2.00 bits per heavy atom. The van der Waals surface area contributed by atoms with E-state index in [4.69, 9.17) is 9.31 Å². The monoisotopic (exact) mass is 346 g/mol. The maximum absolute atomic E-state index is 6.11. The maximum Gasteiger partial charge on any atom is 0.494 e. The molecule has 3 rings (SSSR count). The van der Waals surface area contributed by atoms with E-state index < -0.39 is 0 Å². The van der Waals surface area contributed by atoms with Crippen molar-refractivity contribution in [3.63, 3.8) is 0 Å². The zero-order valence-corrected chi connectivity index (χ0v) is 16.4. The molecular weight excluding hydrogens is 319 g/mol. The summed E-state index contributed by atoms with van der Waals surface area (Å²) in [6.45, 7) is 10.5. The molecule has 1 fully saturated rings. The van der Waals surface area contributed by atoms with Crippen LogP contribution in [0.15, 0.2) is 54.6 Å². The molecule has 3 heteroatoms. The van der Waals surface area contributed by atoms with E-state index in [1.54, 1.807) is 0 Å². The van der Waals surface area contributed by atoms with Crippen LogP contribution >= 0.6 is 0 Å². The second-order valence-corrected chi connectivity index (χ2v) is 7.85. The highest BCUT2D eigenvalue weighted by molar-refractivity contribution is 6.62. The van der Waals surface area contributed by atoms with Crippen molar-refractivity contribution in [3.8, 4) is 11.8 Å². The first kappa shape index (κ1) is 18.8. The van der Waals surface area contributed by atoms with Crippen molar-refractivity contribution < 1.29 is 9.31 Å². The van der Waals surface area contributed by atoms with Crippen LogP contribution in [0.3, 0.4) is 0 Å². The summed E-state index contributed by atoms with van der Waals surface area (Å²) in [5.74, 6) is 6.98. The van der Waals surface area contributed by atoms with Gasteiger partial charge in [-0.05, 0) is 57.3 Å². The van der Waals surface area contributed by atoms with Gasteiger partial charge in [0.05, 0.1) is 11.2 Å². The van der Waals surface area contributed by atoms with E-state index >= 15 is 0 Å². The van der Waals surface area contributed by atoms with Gasteiger partial charge < -0.3 is 9.31 Å². The molecule has 2 aromatic rings. The van der Waals surface area contributed by atoms with Gasteiger partial charge in [-0.2, -0.15) is 0 Å². The Kier molecular flexibility index (Phi) is 5.28. The van der Waals surface area contributed by atoms with Crippen molar-refractivity contribution in [1.29, 1.82) is 0 Å². The minimum absolute atomic E-state index is 0.263. The van der Waals surface area contributed by atoms with E-state index in [2.05, 4.69) is 82.9 Å². The lowest BCUT2D eigenvalue weighted by molar-refractivity contribution is 0.00578. The number of benzene rings is 2. The molecule has 0 amide bonds. The van der Waals surface area contributed by atoms with Crippen LogP contribution in [-0.2, 0) is 9.31 Å². The molecule has 26 heavy (non-hydrogen) atoms. The normalized spacial score (nSPS) is 18.9. The molecule has 1 heterocycles. The average Bonchev–Trinajstić information content (AvgIpc) is 2.84. The van der Waals surface area contributed by atoms with Gasteiger partial charge in [-0.1, -0.05) is 61.2 Å². The molecule has 1 saturated heterocycles. The van der Waals surface area contributed by atoms with Gasteiger partial charge in [-0.25, -0.2) is 0 Å². The molecule has 1 atom stereocenters. The standard InChI is InChI=1S/C23H27BO2/c1-6-19(20-10-8-7-9-11-20)15-12-18-13-16-21(17-14-18)24-25-22(2,3)23(4,5)26-24/h7-11,13-14,16-17,19H,6H2,1-5H3/t19-/m0/s1. The highest BCUT2D eigenvalue weighted by Gasteiger charge is 2.51. The SMILES string of the molecule is CC[C@@H](C#Cc1ccc(B2OC(C)(C)C(C)(C)O2)cc1)c1ccccc1. The van der Waals surface area contributed by atoms with Crippen LogP contribution in [0.4, 0.5) is 0 Å². The minimum Gasteiger partial charge on any atom is -0.399 e. The molecule has 0 radical (unpaired) electrons. The van der Waals surface area contributed by atoms with Crippen LogP contribution < -0.4 is 5.46 Å². The van der Waals surface area contributed by atoms with Gasteiger partial charge in [0.2, 0.25) is 0 Å². The highest BCUT2D eigenvalue weighted by Crippen LogP contribution is 2.36. The summed E-state index contributed by atoms with van der Waals surface area (Å²) >= 11 is 0. The third kappa shape index (κ3) is 3.87. The summed E-state index contributed by atoms with van der Waals surface area (Å²) in [7, 11) is -0.324. The molecule has 2 aromatic carbocycles. The van der Waals surface area contributed by atoms with Crippen molar-refractivity contribution in [2.24, 2.45) is 0 Å². The smallest absolute Gasteiger partial charge is 0.399 e. The Hall–Kier alpha value is -2.02. The van der Waals surface area contributed by atoms with Crippen molar-refractivity contribution >= 4 is 12.6 Å². The molecule has 0 N–H and O–H groups in total. The van der Waals surface area contributed by atoms with Crippen molar-refractivity contribution in [1.82, 2.24) is 0 Å². The Morgan fingerprint density at radius 1 is 0.885 bits per heavy atom. The molecule has 0 saturated carbocycles. The number of rotatable bonds is 3. The first-order chi connectivity index (χ1) is 12.3. The summed E-state index contributed by atoms with van der Waals surface area (Å²) in [5, 5.41) is 0. The molecule has 1 aliphatic rings. The largest absolute Gasteiger partial charge is 0.494 e. The van der Waals surface area contributed by atoms with Crippen LogP contribution in [-0.4, -0.2) is 18.3 Å². The topological polar surface area (TPSA) is 18.5 Å². The van der Waals surface area contributed by atoms with Crippen molar-refractivity contribution in [2.75, 3.05) is 0 Å². The van der Waals surface area contributed by atoms with Crippen LogP contribution in [0.2, 0.25) is 0 Å². The molecule has 0 bridgehead atoms. The Balaban J connectivity index is 1.73. The lowest BCUT2D eigenvalue weighted by atomic mass is 9.79. The summed E-state index contributed by atoms with van der Waals surface area (Å²) in [6.07, 6.45) is 1.00. The second-order valence-electron chi connectivity index (χ2n) is 7.85. The molecule has 134 valence electrons. The molecular formula is C23H27BO2. The zero-order chi connectivity index (χ0) is 18.8. The third-order valence-corrected chi connectivity index (χ3v) is 5.44. The highest BCUT2D eigenvalue weighted by atomic mass is 16.7. The quantitative estimate of drug-likeness (QED) is 0.600. The summed E-state index contributed by atoms with van der Waals surface area (Å²) in [5.41, 5.74) is 2.68. The van der Waals surface area contributed by atoms with E-state index in [9.17, 15) is 0 Å². The Bertz CT molecular complexity index is 782. The lowest BCUT2D eigenvalue weighted by Gasteiger charge is -2.32. The van der Waals surface area contributed by atoms with Crippen LogP contribution in [0, 0.1) is 11.8 Å². The van der Waals surface area contributed by atoms with Gasteiger partial charge in [0, 0.05) is 11.5 Å². The predicted molar refractivity (Wildman–Crippen MR) is 109 cm³/mol. The van der Waals surface area contributed by atoms with Gasteiger partial charge in [-0.3, -0.25) is 0 Å². The zero-order valence-electron chi connectivity index (χ0n) is 16.4. The Labute approximate surface area is 158 Å². The first-order valence-corrected chi connectivity index (χ1v) is 9.34. The van der Waals surface area contributed by atoms with Gasteiger partial charge in [0.15, 0.2) is 0 Å². The van der Waals surface area contributed by atoms with E-state index in [0.717, 1.165) is 17.4 Å². The van der Waals surface area contributed by atoms with Gasteiger partial charge in [-0.15, -0.1) is 0 Å². The molecule has 0 spiro atoms. The average molecular weight is 346 g/mol. The fraction of sp³-hybridized carbons (Fsp3) is 0.391. The van der Waals surface area contributed by atoms with E-state index in [-0.39, 0.29) is 24.2 Å². The molecule has 0 aromatic heterocycles. The van der Waals surface area contributed by atoms with Crippen molar-refractivity contribution in [2.45, 2.75) is 58.2 Å². The summed E-state index contributed by atoms with van der Waals surface area (Å²) < 4.78 is 12.2. The molecule has 1 aliphatic heterocycles. The third-order valence-electron chi connectivity index (χ3n) is 5.44. The fourth-order valence-corrected chi connectivity index (χ4v) is 2.98. The number of hydrogen-bond acceptors (Lipinski definition) is 2. The van der Waals surface area contributed by atoms with Gasteiger partial charge in [0.1, 0.15) is 0 Å². The fourth-order valence-electron chi connectivity index (χ4n) is 2.98. The lowest BCUT2D eigenvalue weighted by Crippen LogP contribution is -2.41. The molecule has 0 unspecified atom stereocenters. The summed E-state index contributed by atoms with van der Waals surface area (Å²) in [6, 6.07) is 18.7. The van der Waals surface area contributed by atoms with Gasteiger partial charge in [0.25, 0.3) is 0 Å². The maximum atomic E-state index is 6.11. The predicted octanol–water partition coefficient (Wildman–Crippen LogP) is 4.53. The molecule has 0 aliphatic carbocycles. The van der Waals surface area contributed by atoms with Gasteiger partial charge >= 0.3 is 7.12 Å². The Morgan fingerprint density at radius 2 is 1.46 bits per heavy atom. The van der Waals surface area contributed by atoms with E-state index in [0.29, 0.717) is 0 Å². The van der Waals surface area contributed by atoms with Crippen LogP contribution in [0.5, 0.6) is 0 Å². The van der Waals surface area contributed by atoms with E-state index in [1.807, 2.05) is 18.2 Å². The number of hydrogen-bond donors (Lipinski definition) is 0.